The lowest BCUT2D eigenvalue weighted by atomic mass is 10.2. The number of benzene rings is 2. The minimum absolute atomic E-state index is 0.202. The molecule has 1 heterocycles. The zero-order valence-corrected chi connectivity index (χ0v) is 15.7. The third-order valence-electron chi connectivity index (χ3n) is 4.06. The number of aromatic nitrogens is 1. The van der Waals surface area contributed by atoms with Gasteiger partial charge in [-0.1, -0.05) is 24.3 Å². The Morgan fingerprint density at radius 2 is 1.21 bits per heavy atom. The summed E-state index contributed by atoms with van der Waals surface area (Å²) in [5.74, 6) is 0.994. The third kappa shape index (κ3) is 7.46. The van der Waals surface area contributed by atoms with Crippen molar-refractivity contribution in [2.24, 2.45) is 0 Å². The SMILES string of the molecule is FC(F)(F)COc1ccc(CNCc2ccc(OCc3ccncc3)cc2)cc1. The first-order valence-electron chi connectivity index (χ1n) is 9.08. The third-order valence-corrected chi connectivity index (χ3v) is 4.06. The summed E-state index contributed by atoms with van der Waals surface area (Å²) < 4.78 is 46.9. The van der Waals surface area contributed by atoms with Crippen molar-refractivity contribution in [3.63, 3.8) is 0 Å². The van der Waals surface area contributed by atoms with Crippen LogP contribution < -0.4 is 14.8 Å². The Balaban J connectivity index is 1.40. The molecule has 2 aromatic carbocycles. The second kappa shape index (κ2) is 9.93. The fourth-order valence-electron chi connectivity index (χ4n) is 2.57. The summed E-state index contributed by atoms with van der Waals surface area (Å²) in [6.45, 7) is 0.465. The molecule has 4 nitrogen and oxygen atoms in total. The quantitative estimate of drug-likeness (QED) is 0.553. The molecule has 0 unspecified atom stereocenters. The molecule has 0 aliphatic carbocycles. The van der Waals surface area contributed by atoms with E-state index in [-0.39, 0.29) is 5.75 Å². The van der Waals surface area contributed by atoms with E-state index < -0.39 is 12.8 Å². The summed E-state index contributed by atoms with van der Waals surface area (Å²) in [5.41, 5.74) is 3.12. The van der Waals surface area contributed by atoms with Gasteiger partial charge in [-0.15, -0.1) is 0 Å². The van der Waals surface area contributed by atoms with E-state index in [1.807, 2.05) is 36.4 Å². The molecule has 0 atom stereocenters. The van der Waals surface area contributed by atoms with Gasteiger partial charge in [0.15, 0.2) is 6.61 Å². The normalized spacial score (nSPS) is 11.3. The second-order valence-electron chi connectivity index (χ2n) is 6.44. The van der Waals surface area contributed by atoms with Crippen LogP contribution in [0.5, 0.6) is 11.5 Å². The molecule has 3 aromatic rings. The molecule has 0 saturated heterocycles. The number of rotatable bonds is 9. The molecule has 1 N–H and O–H groups in total. The van der Waals surface area contributed by atoms with E-state index in [1.54, 1.807) is 24.5 Å². The Hall–Kier alpha value is -3.06. The van der Waals surface area contributed by atoms with Gasteiger partial charge in [0.2, 0.25) is 0 Å². The number of alkyl halides is 3. The van der Waals surface area contributed by atoms with Crippen molar-refractivity contribution in [1.82, 2.24) is 10.3 Å². The highest BCUT2D eigenvalue weighted by Gasteiger charge is 2.28. The van der Waals surface area contributed by atoms with Crippen LogP contribution in [0.1, 0.15) is 16.7 Å². The van der Waals surface area contributed by atoms with Gasteiger partial charge >= 0.3 is 6.18 Å². The predicted octanol–water partition coefficient (Wildman–Crippen LogP) is 4.89. The van der Waals surface area contributed by atoms with E-state index in [0.29, 0.717) is 19.7 Å². The molecule has 0 aliphatic rings. The van der Waals surface area contributed by atoms with Crippen molar-refractivity contribution in [2.75, 3.05) is 6.61 Å². The fourth-order valence-corrected chi connectivity index (χ4v) is 2.57. The highest BCUT2D eigenvalue weighted by atomic mass is 19.4. The lowest BCUT2D eigenvalue weighted by Crippen LogP contribution is -2.19. The van der Waals surface area contributed by atoms with Crippen LogP contribution in [-0.2, 0) is 19.7 Å². The summed E-state index contributed by atoms with van der Waals surface area (Å²) in [6.07, 6.45) is -0.868. The van der Waals surface area contributed by atoms with E-state index in [9.17, 15) is 13.2 Å². The van der Waals surface area contributed by atoms with Crippen molar-refractivity contribution in [2.45, 2.75) is 25.9 Å². The van der Waals surface area contributed by atoms with Gasteiger partial charge in [-0.2, -0.15) is 13.2 Å². The maximum atomic E-state index is 12.1. The monoisotopic (exact) mass is 402 g/mol. The molecule has 1 aromatic heterocycles. The van der Waals surface area contributed by atoms with E-state index in [4.69, 9.17) is 9.47 Å². The molecule has 3 rings (SSSR count). The first-order chi connectivity index (χ1) is 14.0. The van der Waals surface area contributed by atoms with Crippen LogP contribution in [0, 0.1) is 0 Å². The van der Waals surface area contributed by atoms with Gasteiger partial charge in [-0.25, -0.2) is 0 Å². The van der Waals surface area contributed by atoms with Gasteiger partial charge in [0.1, 0.15) is 18.1 Å². The number of hydrogen-bond acceptors (Lipinski definition) is 4. The van der Waals surface area contributed by atoms with Gasteiger partial charge in [-0.3, -0.25) is 4.98 Å². The molecular weight excluding hydrogens is 381 g/mol. The molecule has 0 saturated carbocycles. The highest BCUT2D eigenvalue weighted by molar-refractivity contribution is 5.29. The van der Waals surface area contributed by atoms with E-state index in [0.717, 1.165) is 22.4 Å². The summed E-state index contributed by atoms with van der Waals surface area (Å²) >= 11 is 0. The van der Waals surface area contributed by atoms with Gasteiger partial charge in [0.05, 0.1) is 0 Å². The molecule has 0 amide bonds. The average Bonchev–Trinajstić information content (AvgIpc) is 2.73. The summed E-state index contributed by atoms with van der Waals surface area (Å²) in [5, 5.41) is 3.30. The van der Waals surface area contributed by atoms with Crippen molar-refractivity contribution in [3.8, 4) is 11.5 Å². The van der Waals surface area contributed by atoms with Crippen molar-refractivity contribution < 1.29 is 22.6 Å². The Bertz CT molecular complexity index is 867. The summed E-state index contributed by atoms with van der Waals surface area (Å²) in [6, 6.07) is 18.2. The zero-order chi connectivity index (χ0) is 20.5. The van der Waals surface area contributed by atoms with E-state index in [2.05, 4.69) is 10.3 Å². The number of halogens is 3. The van der Waals surface area contributed by atoms with Crippen LogP contribution >= 0.6 is 0 Å². The van der Waals surface area contributed by atoms with Crippen molar-refractivity contribution in [3.05, 3.63) is 89.7 Å². The fraction of sp³-hybridized carbons (Fsp3) is 0.227. The minimum atomic E-state index is -4.33. The first kappa shape index (κ1) is 20.7. The molecule has 0 aliphatic heterocycles. The Morgan fingerprint density at radius 1 is 0.690 bits per heavy atom. The zero-order valence-electron chi connectivity index (χ0n) is 15.7. The van der Waals surface area contributed by atoms with Crippen LogP contribution in [0.25, 0.3) is 0 Å². The highest BCUT2D eigenvalue weighted by Crippen LogP contribution is 2.19. The van der Waals surface area contributed by atoms with E-state index in [1.165, 1.54) is 12.1 Å². The first-order valence-corrected chi connectivity index (χ1v) is 9.08. The van der Waals surface area contributed by atoms with Crippen LogP contribution in [0.15, 0.2) is 73.1 Å². The average molecular weight is 402 g/mol. The molecule has 29 heavy (non-hydrogen) atoms. The maximum absolute atomic E-state index is 12.1. The lowest BCUT2D eigenvalue weighted by molar-refractivity contribution is -0.153. The molecular formula is C22H21F3N2O2. The van der Waals surface area contributed by atoms with E-state index >= 15 is 0 Å². The van der Waals surface area contributed by atoms with Gasteiger partial charge in [0.25, 0.3) is 0 Å². The largest absolute Gasteiger partial charge is 0.489 e. The number of ether oxygens (including phenoxy) is 2. The topological polar surface area (TPSA) is 43.4 Å². The second-order valence-corrected chi connectivity index (χ2v) is 6.44. The van der Waals surface area contributed by atoms with Crippen molar-refractivity contribution >= 4 is 0 Å². The van der Waals surface area contributed by atoms with Gasteiger partial charge in [0, 0.05) is 25.5 Å². The molecule has 0 bridgehead atoms. The number of nitrogens with one attached hydrogen (secondary N) is 1. The maximum Gasteiger partial charge on any atom is 0.422 e. The molecule has 0 spiro atoms. The Kier molecular flexibility index (Phi) is 7.08. The smallest absolute Gasteiger partial charge is 0.422 e. The predicted molar refractivity (Wildman–Crippen MR) is 104 cm³/mol. The molecule has 152 valence electrons. The molecule has 7 heteroatoms. The van der Waals surface area contributed by atoms with Gasteiger partial charge in [-0.05, 0) is 53.1 Å². The van der Waals surface area contributed by atoms with Crippen LogP contribution in [0.2, 0.25) is 0 Å². The van der Waals surface area contributed by atoms with Crippen LogP contribution in [0.3, 0.4) is 0 Å². The molecule has 0 radical (unpaired) electrons. The van der Waals surface area contributed by atoms with Gasteiger partial charge < -0.3 is 14.8 Å². The van der Waals surface area contributed by atoms with Crippen LogP contribution in [0.4, 0.5) is 13.2 Å². The lowest BCUT2D eigenvalue weighted by Gasteiger charge is -2.10. The number of hydrogen-bond donors (Lipinski definition) is 1. The Labute approximate surface area is 167 Å². The molecule has 0 fully saturated rings. The Morgan fingerprint density at radius 3 is 1.72 bits per heavy atom. The number of pyridine rings is 1. The standard InChI is InChI=1S/C22H21F3N2O2/c23-22(24,25)16-29-21-7-3-18(4-8-21)14-27-13-17-1-5-20(6-2-17)28-15-19-9-11-26-12-10-19/h1-12,27H,13-16H2. The summed E-state index contributed by atoms with van der Waals surface area (Å²) in [7, 11) is 0. The van der Waals surface area contributed by atoms with Crippen molar-refractivity contribution in [1.29, 1.82) is 0 Å². The summed E-state index contributed by atoms with van der Waals surface area (Å²) in [4.78, 5) is 3.97. The number of nitrogens with zero attached hydrogens (tertiary/aromatic N) is 1. The van der Waals surface area contributed by atoms with Crippen LogP contribution in [-0.4, -0.2) is 17.8 Å². The minimum Gasteiger partial charge on any atom is -0.489 e.